The first-order chi connectivity index (χ1) is 12.5. The summed E-state index contributed by atoms with van der Waals surface area (Å²) in [5.74, 6) is 0.0181. The predicted molar refractivity (Wildman–Crippen MR) is 98.9 cm³/mol. The molecule has 2 N–H and O–H groups in total. The van der Waals surface area contributed by atoms with Gasteiger partial charge in [-0.15, -0.1) is 11.8 Å². The molecule has 2 rings (SSSR count). The van der Waals surface area contributed by atoms with Crippen molar-refractivity contribution >= 4 is 35.1 Å². The van der Waals surface area contributed by atoms with Gasteiger partial charge in [0.2, 0.25) is 11.8 Å². The third-order valence-electron chi connectivity index (χ3n) is 3.31. The SMILES string of the molecule is C[C@@H](Sc1ccc([N+](=O)[O-])cc1)C(=O)NCCC(=O)Nc1ccccn1. The Bertz CT molecular complexity index is 768. The van der Waals surface area contributed by atoms with Crippen LogP contribution in [0.4, 0.5) is 11.5 Å². The van der Waals surface area contributed by atoms with Crippen LogP contribution < -0.4 is 10.6 Å². The summed E-state index contributed by atoms with van der Waals surface area (Å²) in [5, 5.41) is 15.6. The van der Waals surface area contributed by atoms with Crippen LogP contribution in [0.1, 0.15) is 13.3 Å². The molecule has 8 nitrogen and oxygen atoms in total. The van der Waals surface area contributed by atoms with Crippen LogP contribution in [0.3, 0.4) is 0 Å². The normalized spacial score (nSPS) is 11.4. The van der Waals surface area contributed by atoms with Gasteiger partial charge in [-0.3, -0.25) is 19.7 Å². The highest BCUT2D eigenvalue weighted by atomic mass is 32.2. The van der Waals surface area contributed by atoms with Crippen LogP contribution in [0, 0.1) is 10.1 Å². The highest BCUT2D eigenvalue weighted by Crippen LogP contribution is 2.25. The van der Waals surface area contributed by atoms with Crippen LogP contribution in [-0.2, 0) is 9.59 Å². The molecule has 0 saturated heterocycles. The molecule has 0 bridgehead atoms. The fraction of sp³-hybridized carbons (Fsp3) is 0.235. The number of aromatic nitrogens is 1. The molecule has 1 aromatic carbocycles. The Morgan fingerprint density at radius 2 is 1.96 bits per heavy atom. The highest BCUT2D eigenvalue weighted by Gasteiger charge is 2.15. The Balaban J connectivity index is 1.73. The Morgan fingerprint density at radius 3 is 2.58 bits per heavy atom. The second kappa shape index (κ2) is 9.52. The van der Waals surface area contributed by atoms with Gasteiger partial charge >= 0.3 is 0 Å². The minimum Gasteiger partial charge on any atom is -0.355 e. The van der Waals surface area contributed by atoms with E-state index in [2.05, 4.69) is 15.6 Å². The minimum absolute atomic E-state index is 0.00497. The number of nitro groups is 1. The molecule has 26 heavy (non-hydrogen) atoms. The number of non-ortho nitro benzene ring substituents is 1. The highest BCUT2D eigenvalue weighted by molar-refractivity contribution is 8.00. The second-order valence-electron chi connectivity index (χ2n) is 5.32. The van der Waals surface area contributed by atoms with Gasteiger partial charge in [-0.2, -0.15) is 0 Å². The number of hydrogen-bond acceptors (Lipinski definition) is 6. The molecular weight excluding hydrogens is 356 g/mol. The number of pyridine rings is 1. The first-order valence-corrected chi connectivity index (χ1v) is 8.73. The third-order valence-corrected chi connectivity index (χ3v) is 4.43. The molecular formula is C17H18N4O4S. The summed E-state index contributed by atoms with van der Waals surface area (Å²) in [6.45, 7) is 1.94. The summed E-state index contributed by atoms with van der Waals surface area (Å²) in [7, 11) is 0. The quantitative estimate of drug-likeness (QED) is 0.417. The van der Waals surface area contributed by atoms with Crippen LogP contribution in [0.15, 0.2) is 53.6 Å². The lowest BCUT2D eigenvalue weighted by Gasteiger charge is -2.12. The lowest BCUT2D eigenvalue weighted by molar-refractivity contribution is -0.384. The standard InChI is InChI=1S/C17H18N4O4S/c1-12(26-14-7-5-13(6-8-14)21(24)25)17(23)19-11-9-16(22)20-15-4-2-3-10-18-15/h2-8,10,12H,9,11H2,1H3,(H,19,23)(H,18,20,22)/t12-/m1/s1. The van der Waals surface area contributed by atoms with Crippen LogP contribution in [0.25, 0.3) is 0 Å². The monoisotopic (exact) mass is 374 g/mol. The number of benzene rings is 1. The Labute approximate surface area is 154 Å². The van der Waals surface area contributed by atoms with E-state index in [1.165, 1.54) is 23.9 Å². The Kier molecular flexibility index (Phi) is 7.10. The van der Waals surface area contributed by atoms with Crippen molar-refractivity contribution in [2.75, 3.05) is 11.9 Å². The molecule has 0 aliphatic carbocycles. The van der Waals surface area contributed by atoms with E-state index in [9.17, 15) is 19.7 Å². The minimum atomic E-state index is -0.472. The number of carbonyl (C=O) groups is 2. The molecule has 136 valence electrons. The molecule has 0 saturated carbocycles. The number of rotatable bonds is 8. The Hall–Kier alpha value is -2.94. The predicted octanol–water partition coefficient (Wildman–Crippen LogP) is 2.62. The van der Waals surface area contributed by atoms with Gasteiger partial charge in [0.25, 0.3) is 5.69 Å². The summed E-state index contributed by atoms with van der Waals surface area (Å²) in [6, 6.07) is 11.2. The second-order valence-corrected chi connectivity index (χ2v) is 6.73. The molecule has 0 fully saturated rings. The van der Waals surface area contributed by atoms with E-state index in [1.54, 1.807) is 43.5 Å². The molecule has 0 aliphatic rings. The van der Waals surface area contributed by atoms with E-state index in [4.69, 9.17) is 0 Å². The molecule has 1 atom stereocenters. The van der Waals surface area contributed by atoms with Crippen molar-refractivity contribution < 1.29 is 14.5 Å². The number of hydrogen-bond donors (Lipinski definition) is 2. The average Bonchev–Trinajstić information content (AvgIpc) is 2.62. The van der Waals surface area contributed by atoms with Crippen molar-refractivity contribution in [3.05, 3.63) is 58.8 Å². The number of anilines is 1. The number of nitrogens with one attached hydrogen (secondary N) is 2. The van der Waals surface area contributed by atoms with Crippen LogP contribution in [-0.4, -0.2) is 33.5 Å². The molecule has 2 amide bonds. The van der Waals surface area contributed by atoms with E-state index in [-0.39, 0.29) is 30.5 Å². The van der Waals surface area contributed by atoms with Gasteiger partial charge in [0.15, 0.2) is 0 Å². The average molecular weight is 374 g/mol. The van der Waals surface area contributed by atoms with Crippen molar-refractivity contribution in [2.24, 2.45) is 0 Å². The number of thioether (sulfide) groups is 1. The maximum Gasteiger partial charge on any atom is 0.269 e. The molecule has 0 unspecified atom stereocenters. The fourth-order valence-electron chi connectivity index (χ4n) is 1.99. The number of carbonyl (C=O) groups excluding carboxylic acids is 2. The van der Waals surface area contributed by atoms with Gasteiger partial charge in [0.1, 0.15) is 5.82 Å². The van der Waals surface area contributed by atoms with Crippen LogP contribution in [0.5, 0.6) is 0 Å². The van der Waals surface area contributed by atoms with Crippen molar-refractivity contribution in [2.45, 2.75) is 23.5 Å². The molecule has 2 aromatic rings. The van der Waals surface area contributed by atoms with E-state index in [0.717, 1.165) is 4.90 Å². The van der Waals surface area contributed by atoms with Gasteiger partial charge < -0.3 is 10.6 Å². The van der Waals surface area contributed by atoms with E-state index >= 15 is 0 Å². The number of amides is 2. The molecule has 1 aromatic heterocycles. The first-order valence-electron chi connectivity index (χ1n) is 7.85. The van der Waals surface area contributed by atoms with E-state index < -0.39 is 10.2 Å². The zero-order valence-corrected chi connectivity index (χ0v) is 14.9. The van der Waals surface area contributed by atoms with Crippen molar-refractivity contribution in [3.8, 4) is 0 Å². The van der Waals surface area contributed by atoms with Crippen molar-refractivity contribution in [1.82, 2.24) is 10.3 Å². The number of nitrogens with zero attached hydrogens (tertiary/aromatic N) is 2. The number of nitro benzene ring substituents is 1. The summed E-state index contributed by atoms with van der Waals surface area (Å²) < 4.78 is 0. The first kappa shape index (κ1) is 19.4. The van der Waals surface area contributed by atoms with Gasteiger partial charge in [0.05, 0.1) is 10.2 Å². The molecule has 9 heteroatoms. The summed E-state index contributed by atoms with van der Waals surface area (Å²) >= 11 is 1.29. The smallest absolute Gasteiger partial charge is 0.269 e. The van der Waals surface area contributed by atoms with Gasteiger partial charge in [-0.1, -0.05) is 6.07 Å². The molecule has 1 heterocycles. The van der Waals surface area contributed by atoms with Crippen molar-refractivity contribution in [1.29, 1.82) is 0 Å². The van der Waals surface area contributed by atoms with Crippen molar-refractivity contribution in [3.63, 3.8) is 0 Å². The molecule has 0 aliphatic heterocycles. The maximum absolute atomic E-state index is 12.1. The summed E-state index contributed by atoms with van der Waals surface area (Å²) in [6.07, 6.45) is 1.71. The largest absolute Gasteiger partial charge is 0.355 e. The van der Waals surface area contributed by atoms with E-state index in [0.29, 0.717) is 5.82 Å². The van der Waals surface area contributed by atoms with Crippen LogP contribution >= 0.6 is 11.8 Å². The maximum atomic E-state index is 12.1. The summed E-state index contributed by atoms with van der Waals surface area (Å²) in [4.78, 5) is 38.8. The fourth-order valence-corrected chi connectivity index (χ4v) is 2.88. The van der Waals surface area contributed by atoms with Gasteiger partial charge in [0, 0.05) is 36.2 Å². The molecule has 0 spiro atoms. The van der Waals surface area contributed by atoms with Gasteiger partial charge in [-0.05, 0) is 31.2 Å². The topological polar surface area (TPSA) is 114 Å². The third kappa shape index (κ3) is 6.17. The summed E-state index contributed by atoms with van der Waals surface area (Å²) in [5.41, 5.74) is 0.00497. The van der Waals surface area contributed by atoms with Crippen LogP contribution in [0.2, 0.25) is 0 Å². The zero-order valence-electron chi connectivity index (χ0n) is 14.0. The lowest BCUT2D eigenvalue weighted by atomic mass is 10.3. The zero-order chi connectivity index (χ0) is 18.9. The Morgan fingerprint density at radius 1 is 1.23 bits per heavy atom. The van der Waals surface area contributed by atoms with E-state index in [1.807, 2.05) is 0 Å². The lowest BCUT2D eigenvalue weighted by Crippen LogP contribution is -2.33. The van der Waals surface area contributed by atoms with Gasteiger partial charge in [-0.25, -0.2) is 4.98 Å². The molecule has 0 radical (unpaired) electrons.